The molecule has 3 rings (SSSR count). The number of nitrogens with one attached hydrogen (secondary N) is 1. The van der Waals surface area contributed by atoms with Gasteiger partial charge in [-0.05, 0) is 30.7 Å². The summed E-state index contributed by atoms with van der Waals surface area (Å²) in [5.74, 6) is 1.99. The third kappa shape index (κ3) is 7.44. The molecule has 0 unspecified atom stereocenters. The molecule has 0 aromatic heterocycles. The molecule has 0 aliphatic carbocycles. The van der Waals surface area contributed by atoms with E-state index >= 15 is 0 Å². The lowest BCUT2D eigenvalue weighted by Gasteiger charge is -2.36. The number of amides is 1. The Labute approximate surface area is 192 Å². The fourth-order valence-electron chi connectivity index (χ4n) is 4.24. The second-order valence-electron chi connectivity index (χ2n) is 7.94. The number of halogens is 1. The fraction of sp³-hybridized carbons (Fsp3) is 0.636. The van der Waals surface area contributed by atoms with Crippen LogP contribution in [0.5, 0.6) is 0 Å². The number of guanidine groups is 1. The number of hydrogen-bond acceptors (Lipinski definition) is 3. The molecule has 0 radical (unpaired) electrons. The average Bonchev–Trinajstić information content (AvgIpc) is 2.73. The standard InChI is InChI=1S/C22H35N5O.HI/c1-19(28)26-16-14-25(15-17-26)13-10-24-22(23-2)27-11-8-21(9-12-27)18-20-6-4-3-5-7-20;/h3-7,21H,8-18H2,1-2H3,(H,23,24);1H. The van der Waals surface area contributed by atoms with Crippen molar-refractivity contribution in [3.05, 3.63) is 35.9 Å². The zero-order valence-corrected chi connectivity index (χ0v) is 20.2. The lowest BCUT2D eigenvalue weighted by atomic mass is 9.90. The zero-order valence-electron chi connectivity index (χ0n) is 17.8. The number of likely N-dealkylation sites (tertiary alicyclic amines) is 1. The van der Waals surface area contributed by atoms with Gasteiger partial charge < -0.3 is 15.1 Å². The summed E-state index contributed by atoms with van der Waals surface area (Å²) in [4.78, 5) is 22.7. The molecule has 6 nitrogen and oxygen atoms in total. The molecule has 2 heterocycles. The summed E-state index contributed by atoms with van der Waals surface area (Å²) in [5, 5.41) is 3.54. The minimum Gasteiger partial charge on any atom is -0.355 e. The Balaban J connectivity index is 0.00000300. The fourth-order valence-corrected chi connectivity index (χ4v) is 4.24. The highest BCUT2D eigenvalue weighted by molar-refractivity contribution is 14.0. The SMILES string of the molecule is CN=C(NCCN1CCN(C(C)=O)CC1)N1CCC(Cc2ccccc2)CC1.I. The largest absolute Gasteiger partial charge is 0.355 e. The van der Waals surface area contributed by atoms with Crippen LogP contribution in [-0.2, 0) is 11.2 Å². The number of piperidine rings is 1. The lowest BCUT2D eigenvalue weighted by Crippen LogP contribution is -2.51. The van der Waals surface area contributed by atoms with Crippen molar-refractivity contribution in [2.24, 2.45) is 10.9 Å². The molecule has 29 heavy (non-hydrogen) atoms. The van der Waals surface area contributed by atoms with Crippen molar-refractivity contribution >= 4 is 35.8 Å². The molecule has 2 fully saturated rings. The second kappa shape index (κ2) is 12.4. The lowest BCUT2D eigenvalue weighted by molar-refractivity contribution is -0.130. The normalized spacial score (nSPS) is 19.0. The Morgan fingerprint density at radius 3 is 2.28 bits per heavy atom. The van der Waals surface area contributed by atoms with Crippen LogP contribution in [0.2, 0.25) is 0 Å². The van der Waals surface area contributed by atoms with Crippen LogP contribution in [-0.4, -0.2) is 86.0 Å². The molecular formula is C22H36IN5O. The Bertz CT molecular complexity index is 638. The van der Waals surface area contributed by atoms with Crippen LogP contribution >= 0.6 is 24.0 Å². The Hall–Kier alpha value is -1.35. The van der Waals surface area contributed by atoms with E-state index in [1.165, 1.54) is 24.8 Å². The number of carbonyl (C=O) groups is 1. The number of rotatable bonds is 5. The predicted molar refractivity (Wildman–Crippen MR) is 130 cm³/mol. The first-order valence-electron chi connectivity index (χ1n) is 10.6. The van der Waals surface area contributed by atoms with Gasteiger partial charge in [0.2, 0.25) is 5.91 Å². The summed E-state index contributed by atoms with van der Waals surface area (Å²) in [6.07, 6.45) is 3.64. The average molecular weight is 513 g/mol. The highest BCUT2D eigenvalue weighted by Gasteiger charge is 2.22. The van der Waals surface area contributed by atoms with Gasteiger partial charge in [0.1, 0.15) is 0 Å². The van der Waals surface area contributed by atoms with Gasteiger partial charge in [-0.3, -0.25) is 14.7 Å². The molecule has 2 aliphatic heterocycles. The van der Waals surface area contributed by atoms with E-state index < -0.39 is 0 Å². The molecule has 1 amide bonds. The van der Waals surface area contributed by atoms with Crippen LogP contribution in [0.25, 0.3) is 0 Å². The minimum absolute atomic E-state index is 0. The topological polar surface area (TPSA) is 51.2 Å². The van der Waals surface area contributed by atoms with E-state index in [-0.39, 0.29) is 29.9 Å². The molecule has 7 heteroatoms. The predicted octanol–water partition coefficient (Wildman–Crippen LogP) is 2.30. The summed E-state index contributed by atoms with van der Waals surface area (Å²) in [6.45, 7) is 9.33. The first kappa shape index (κ1) is 23.9. The van der Waals surface area contributed by atoms with E-state index in [1.807, 2.05) is 11.9 Å². The maximum Gasteiger partial charge on any atom is 0.219 e. The van der Waals surface area contributed by atoms with Gasteiger partial charge in [-0.1, -0.05) is 30.3 Å². The number of benzene rings is 1. The molecule has 2 saturated heterocycles. The van der Waals surface area contributed by atoms with Gasteiger partial charge in [-0.2, -0.15) is 0 Å². The van der Waals surface area contributed by atoms with Gasteiger partial charge in [-0.15, -0.1) is 24.0 Å². The maximum absolute atomic E-state index is 11.4. The summed E-state index contributed by atoms with van der Waals surface area (Å²) < 4.78 is 0. The third-order valence-electron chi connectivity index (χ3n) is 6.02. The molecule has 1 aromatic carbocycles. The van der Waals surface area contributed by atoms with Crippen molar-refractivity contribution in [2.45, 2.75) is 26.2 Å². The maximum atomic E-state index is 11.4. The van der Waals surface area contributed by atoms with Crippen LogP contribution in [0.1, 0.15) is 25.3 Å². The number of nitrogens with zero attached hydrogens (tertiary/aromatic N) is 4. The first-order chi connectivity index (χ1) is 13.7. The molecule has 0 atom stereocenters. The van der Waals surface area contributed by atoms with Crippen molar-refractivity contribution in [1.82, 2.24) is 20.0 Å². The van der Waals surface area contributed by atoms with Gasteiger partial charge >= 0.3 is 0 Å². The van der Waals surface area contributed by atoms with Crippen LogP contribution in [0.4, 0.5) is 0 Å². The highest BCUT2D eigenvalue weighted by Crippen LogP contribution is 2.21. The van der Waals surface area contributed by atoms with Crippen molar-refractivity contribution in [2.75, 3.05) is 59.4 Å². The quantitative estimate of drug-likeness (QED) is 0.373. The smallest absolute Gasteiger partial charge is 0.219 e. The van der Waals surface area contributed by atoms with E-state index in [0.29, 0.717) is 0 Å². The first-order valence-corrected chi connectivity index (χ1v) is 10.6. The van der Waals surface area contributed by atoms with E-state index in [0.717, 1.165) is 64.2 Å². The molecule has 0 saturated carbocycles. The molecule has 0 bridgehead atoms. The van der Waals surface area contributed by atoms with Crippen molar-refractivity contribution in [3.8, 4) is 0 Å². The van der Waals surface area contributed by atoms with Crippen LogP contribution < -0.4 is 5.32 Å². The second-order valence-corrected chi connectivity index (χ2v) is 7.94. The number of hydrogen-bond donors (Lipinski definition) is 1. The third-order valence-corrected chi connectivity index (χ3v) is 6.02. The summed E-state index contributed by atoms with van der Waals surface area (Å²) in [5.41, 5.74) is 1.45. The Morgan fingerprint density at radius 2 is 1.69 bits per heavy atom. The van der Waals surface area contributed by atoms with Crippen LogP contribution in [0, 0.1) is 5.92 Å². The number of aliphatic imine (C=N–C) groups is 1. The van der Waals surface area contributed by atoms with Gasteiger partial charge in [0.15, 0.2) is 5.96 Å². The van der Waals surface area contributed by atoms with Crippen LogP contribution in [0.15, 0.2) is 35.3 Å². The summed E-state index contributed by atoms with van der Waals surface area (Å²) in [7, 11) is 1.88. The number of piperazine rings is 1. The Morgan fingerprint density at radius 1 is 1.03 bits per heavy atom. The Kier molecular flexibility index (Phi) is 10.2. The van der Waals surface area contributed by atoms with Gasteiger partial charge in [0.05, 0.1) is 0 Å². The van der Waals surface area contributed by atoms with E-state index in [2.05, 4.69) is 50.4 Å². The van der Waals surface area contributed by atoms with Gasteiger partial charge in [0.25, 0.3) is 0 Å². The van der Waals surface area contributed by atoms with Crippen molar-refractivity contribution in [3.63, 3.8) is 0 Å². The minimum atomic E-state index is 0. The molecule has 0 spiro atoms. The van der Waals surface area contributed by atoms with Gasteiger partial charge in [-0.25, -0.2) is 0 Å². The molecule has 1 N–H and O–H groups in total. The molecule has 2 aliphatic rings. The van der Waals surface area contributed by atoms with E-state index in [9.17, 15) is 4.79 Å². The zero-order chi connectivity index (χ0) is 19.8. The van der Waals surface area contributed by atoms with E-state index in [4.69, 9.17) is 0 Å². The highest BCUT2D eigenvalue weighted by atomic mass is 127. The monoisotopic (exact) mass is 513 g/mol. The molecular weight excluding hydrogens is 477 g/mol. The van der Waals surface area contributed by atoms with Crippen LogP contribution in [0.3, 0.4) is 0 Å². The number of carbonyl (C=O) groups excluding carboxylic acids is 1. The summed E-state index contributed by atoms with van der Waals surface area (Å²) >= 11 is 0. The van der Waals surface area contributed by atoms with Crippen molar-refractivity contribution < 1.29 is 4.79 Å². The van der Waals surface area contributed by atoms with Crippen molar-refractivity contribution in [1.29, 1.82) is 0 Å². The van der Waals surface area contributed by atoms with Gasteiger partial charge in [0, 0.05) is 66.3 Å². The molecule has 1 aromatic rings. The van der Waals surface area contributed by atoms with E-state index in [1.54, 1.807) is 6.92 Å². The summed E-state index contributed by atoms with van der Waals surface area (Å²) in [6, 6.07) is 10.8. The molecule has 162 valence electrons.